The monoisotopic (exact) mass is 448 g/mol. The minimum Gasteiger partial charge on any atom is -0.493 e. The third kappa shape index (κ3) is 6.02. The minimum atomic E-state index is -0.386. The number of anilines is 2. The van der Waals surface area contributed by atoms with Gasteiger partial charge in [0, 0.05) is 29.9 Å². The average Bonchev–Trinajstić information content (AvgIpc) is 3.48. The molecule has 0 aliphatic heterocycles. The average molecular weight is 449 g/mol. The van der Waals surface area contributed by atoms with Crippen LogP contribution in [0, 0.1) is 0 Å². The first-order valence-corrected chi connectivity index (χ1v) is 10.7. The number of ether oxygens (including phenoxy) is 1. The number of furan rings is 1. The van der Waals surface area contributed by atoms with E-state index in [0.29, 0.717) is 23.1 Å². The lowest BCUT2D eigenvalue weighted by Crippen LogP contribution is -2.15. The van der Waals surface area contributed by atoms with Crippen LogP contribution in [0.15, 0.2) is 77.0 Å². The predicted octanol–water partition coefficient (Wildman–Crippen LogP) is 4.19. The lowest BCUT2D eigenvalue weighted by atomic mass is 10.2. The second-order valence-electron chi connectivity index (χ2n) is 6.78. The molecule has 0 radical (unpaired) electrons. The van der Waals surface area contributed by atoms with E-state index >= 15 is 0 Å². The molecular formula is C23H20N4O4S. The summed E-state index contributed by atoms with van der Waals surface area (Å²) in [7, 11) is 0. The lowest BCUT2D eigenvalue weighted by Gasteiger charge is -2.08. The number of hydrogen-bond acceptors (Lipinski definition) is 7. The highest BCUT2D eigenvalue weighted by atomic mass is 32.1. The number of thiazole rings is 1. The maximum absolute atomic E-state index is 12.3. The summed E-state index contributed by atoms with van der Waals surface area (Å²) in [5.74, 6) is 0.340. The minimum absolute atomic E-state index is 0.0946. The Bertz CT molecular complexity index is 1160. The highest BCUT2D eigenvalue weighted by molar-refractivity contribution is 7.14. The summed E-state index contributed by atoms with van der Waals surface area (Å²) in [6.07, 6.45) is 5.83. The summed E-state index contributed by atoms with van der Waals surface area (Å²) >= 11 is 1.25. The van der Waals surface area contributed by atoms with Gasteiger partial charge in [-0.15, -0.1) is 11.3 Å². The Morgan fingerprint density at radius 2 is 1.84 bits per heavy atom. The molecule has 8 nitrogen and oxygen atoms in total. The van der Waals surface area contributed by atoms with Crippen LogP contribution in [-0.2, 0) is 17.6 Å². The quantitative estimate of drug-likeness (QED) is 0.398. The molecular weight excluding hydrogens is 428 g/mol. The van der Waals surface area contributed by atoms with E-state index in [-0.39, 0.29) is 24.0 Å². The largest absolute Gasteiger partial charge is 0.493 e. The molecule has 1 aromatic carbocycles. The van der Waals surface area contributed by atoms with E-state index in [1.54, 1.807) is 42.0 Å². The van der Waals surface area contributed by atoms with Crippen molar-refractivity contribution in [3.05, 3.63) is 89.6 Å². The Labute approximate surface area is 188 Å². The molecule has 0 aliphatic rings. The van der Waals surface area contributed by atoms with Crippen LogP contribution in [0.3, 0.4) is 0 Å². The number of carbonyl (C=O) groups is 2. The molecule has 2 N–H and O–H groups in total. The van der Waals surface area contributed by atoms with Crippen molar-refractivity contribution in [1.82, 2.24) is 9.97 Å². The van der Waals surface area contributed by atoms with E-state index < -0.39 is 0 Å². The number of amides is 2. The van der Waals surface area contributed by atoms with Crippen LogP contribution in [0.25, 0.3) is 0 Å². The summed E-state index contributed by atoms with van der Waals surface area (Å²) in [5.41, 5.74) is 2.39. The van der Waals surface area contributed by atoms with E-state index in [1.807, 2.05) is 24.3 Å². The summed E-state index contributed by atoms with van der Waals surface area (Å²) in [6.45, 7) is 0.554. The van der Waals surface area contributed by atoms with Gasteiger partial charge in [0.15, 0.2) is 10.9 Å². The van der Waals surface area contributed by atoms with Crippen LogP contribution in [0.1, 0.15) is 21.8 Å². The summed E-state index contributed by atoms with van der Waals surface area (Å²) in [6, 6.07) is 14.3. The Hall–Kier alpha value is -3.98. The van der Waals surface area contributed by atoms with Gasteiger partial charge in [-0.05, 0) is 54.1 Å². The van der Waals surface area contributed by atoms with Crippen LogP contribution < -0.4 is 15.4 Å². The fraction of sp³-hybridized carbons (Fsp3) is 0.130. The van der Waals surface area contributed by atoms with Crippen molar-refractivity contribution < 1.29 is 18.7 Å². The standard InChI is InChI=1S/C23H20N4O4S/c28-21(14-18-15-32-23(26-18)27-22(29)20-2-1-12-31-20)25-17-3-5-19(6-4-17)30-13-9-16-7-10-24-11-8-16/h1-8,10-12,15H,9,13-14H2,(H,25,28)(H,26,27,29). The Kier molecular flexibility index (Phi) is 6.88. The molecule has 3 aromatic heterocycles. The van der Waals surface area contributed by atoms with Crippen LogP contribution in [0.4, 0.5) is 10.8 Å². The Balaban J connectivity index is 1.22. The Morgan fingerprint density at radius 1 is 1.03 bits per heavy atom. The van der Waals surface area contributed by atoms with Gasteiger partial charge in [-0.1, -0.05) is 0 Å². The van der Waals surface area contributed by atoms with Gasteiger partial charge in [0.2, 0.25) is 5.91 Å². The molecule has 3 heterocycles. The molecule has 9 heteroatoms. The molecule has 0 aliphatic carbocycles. The molecule has 0 saturated carbocycles. The smallest absolute Gasteiger partial charge is 0.293 e. The zero-order chi connectivity index (χ0) is 22.2. The number of rotatable bonds is 9. The maximum atomic E-state index is 12.3. The first-order valence-electron chi connectivity index (χ1n) is 9.86. The van der Waals surface area contributed by atoms with Crippen molar-refractivity contribution in [3.63, 3.8) is 0 Å². The van der Waals surface area contributed by atoms with Crippen molar-refractivity contribution >= 4 is 34.0 Å². The maximum Gasteiger partial charge on any atom is 0.293 e. The van der Waals surface area contributed by atoms with Gasteiger partial charge >= 0.3 is 0 Å². The summed E-state index contributed by atoms with van der Waals surface area (Å²) < 4.78 is 10.8. The van der Waals surface area contributed by atoms with Crippen LogP contribution in [0.5, 0.6) is 5.75 Å². The number of nitrogens with one attached hydrogen (secondary N) is 2. The molecule has 32 heavy (non-hydrogen) atoms. The number of hydrogen-bond donors (Lipinski definition) is 2. The van der Waals surface area contributed by atoms with Gasteiger partial charge in [0.1, 0.15) is 5.75 Å². The van der Waals surface area contributed by atoms with Crippen molar-refractivity contribution in [2.45, 2.75) is 12.8 Å². The highest BCUT2D eigenvalue weighted by Crippen LogP contribution is 2.19. The molecule has 0 saturated heterocycles. The first kappa shape index (κ1) is 21.3. The molecule has 0 fully saturated rings. The topological polar surface area (TPSA) is 106 Å². The number of aromatic nitrogens is 2. The van der Waals surface area contributed by atoms with Gasteiger partial charge in [-0.25, -0.2) is 4.98 Å². The number of pyridine rings is 1. The number of carbonyl (C=O) groups excluding carboxylic acids is 2. The van der Waals surface area contributed by atoms with Crippen LogP contribution in [0.2, 0.25) is 0 Å². The summed E-state index contributed by atoms with van der Waals surface area (Å²) in [5, 5.41) is 7.62. The molecule has 2 amide bonds. The summed E-state index contributed by atoms with van der Waals surface area (Å²) in [4.78, 5) is 32.6. The fourth-order valence-corrected chi connectivity index (χ4v) is 3.56. The van der Waals surface area contributed by atoms with E-state index in [2.05, 4.69) is 20.6 Å². The van der Waals surface area contributed by atoms with Crippen LogP contribution in [-0.4, -0.2) is 28.4 Å². The molecule has 0 bridgehead atoms. The fourth-order valence-electron chi connectivity index (χ4n) is 2.85. The third-order valence-electron chi connectivity index (χ3n) is 4.41. The van der Waals surface area contributed by atoms with Gasteiger partial charge in [0.05, 0.1) is 25.0 Å². The van der Waals surface area contributed by atoms with E-state index in [9.17, 15) is 9.59 Å². The zero-order valence-electron chi connectivity index (χ0n) is 17.0. The molecule has 162 valence electrons. The van der Waals surface area contributed by atoms with E-state index in [0.717, 1.165) is 17.7 Å². The van der Waals surface area contributed by atoms with Crippen molar-refractivity contribution in [1.29, 1.82) is 0 Å². The molecule has 0 spiro atoms. The van der Waals surface area contributed by atoms with Gasteiger partial charge in [-0.3, -0.25) is 19.9 Å². The molecule has 0 unspecified atom stereocenters. The second-order valence-corrected chi connectivity index (χ2v) is 7.64. The molecule has 4 rings (SSSR count). The van der Waals surface area contributed by atoms with E-state index in [1.165, 1.54) is 17.6 Å². The van der Waals surface area contributed by atoms with E-state index in [4.69, 9.17) is 9.15 Å². The third-order valence-corrected chi connectivity index (χ3v) is 5.21. The highest BCUT2D eigenvalue weighted by Gasteiger charge is 2.13. The predicted molar refractivity (Wildman–Crippen MR) is 121 cm³/mol. The second kappa shape index (κ2) is 10.4. The molecule has 4 aromatic rings. The number of nitrogens with zero attached hydrogens (tertiary/aromatic N) is 2. The SMILES string of the molecule is O=C(Cc1csc(NC(=O)c2ccco2)n1)Nc1ccc(OCCc2ccncc2)cc1. The van der Waals surface area contributed by atoms with Gasteiger partial charge < -0.3 is 14.5 Å². The van der Waals surface area contributed by atoms with Crippen LogP contribution >= 0.6 is 11.3 Å². The Morgan fingerprint density at radius 3 is 2.59 bits per heavy atom. The normalized spacial score (nSPS) is 10.5. The van der Waals surface area contributed by atoms with Crippen molar-refractivity contribution in [3.8, 4) is 5.75 Å². The zero-order valence-corrected chi connectivity index (χ0v) is 17.8. The van der Waals surface area contributed by atoms with Gasteiger partial charge in [0.25, 0.3) is 5.91 Å². The first-order chi connectivity index (χ1) is 15.7. The number of benzene rings is 1. The molecule has 0 atom stereocenters. The van der Waals surface area contributed by atoms with Gasteiger partial charge in [-0.2, -0.15) is 0 Å². The van der Waals surface area contributed by atoms with Crippen molar-refractivity contribution in [2.75, 3.05) is 17.2 Å². The lowest BCUT2D eigenvalue weighted by molar-refractivity contribution is -0.115. The van der Waals surface area contributed by atoms with Crippen molar-refractivity contribution in [2.24, 2.45) is 0 Å².